The second-order valence-electron chi connectivity index (χ2n) is 16.6. The first-order chi connectivity index (χ1) is 34.5. The second-order valence-corrected chi connectivity index (χ2v) is 19.2. The summed E-state index contributed by atoms with van der Waals surface area (Å²) in [5, 5.41) is 51.2. The van der Waals surface area contributed by atoms with Gasteiger partial charge in [0, 0.05) is 12.8 Å². The Kier molecular flexibility index (Phi) is 38.1. The molecular weight excluding hydrogens is 971 g/mol. The summed E-state index contributed by atoms with van der Waals surface area (Å²) in [5.74, 6) is -1.38. The quantitative estimate of drug-likeness (QED) is 0.00937. The fraction of sp³-hybridized carbons (Fsp3) is 0.547. The van der Waals surface area contributed by atoms with Crippen molar-refractivity contribution in [3.05, 3.63) is 134 Å². The van der Waals surface area contributed by atoms with Crippen LogP contribution in [0.15, 0.2) is 134 Å². The van der Waals surface area contributed by atoms with Crippen LogP contribution in [0.1, 0.15) is 123 Å². The summed E-state index contributed by atoms with van der Waals surface area (Å²) in [6, 6.07) is 0. The number of rotatable bonds is 39. The van der Waals surface area contributed by atoms with Crippen molar-refractivity contribution in [2.24, 2.45) is 0 Å². The van der Waals surface area contributed by atoms with E-state index in [1.165, 1.54) is 0 Å². The van der Waals surface area contributed by atoms with Gasteiger partial charge in [0.1, 0.15) is 43.2 Å². The highest BCUT2D eigenvalue weighted by molar-refractivity contribution is 7.47. The number of phosphoric ester groups is 2. The minimum absolute atomic E-state index is 0.0488. The molecule has 0 aromatic carbocycles. The number of aliphatic hydroxyl groups excluding tert-OH is 5. The van der Waals surface area contributed by atoms with Crippen LogP contribution in [0, 0.1) is 0 Å². The smallest absolute Gasteiger partial charge is 0.462 e. The number of carbonyl (C=O) groups excluding carboxylic acids is 2. The Labute approximate surface area is 426 Å². The van der Waals surface area contributed by atoms with Crippen LogP contribution in [-0.4, -0.2) is 114 Å². The molecule has 0 heterocycles. The minimum Gasteiger partial charge on any atom is -0.462 e. The van der Waals surface area contributed by atoms with Crippen molar-refractivity contribution >= 4 is 27.6 Å². The van der Waals surface area contributed by atoms with Crippen LogP contribution in [0.3, 0.4) is 0 Å². The molecule has 1 saturated carbocycles. The number of phosphoric acid groups is 2. The van der Waals surface area contributed by atoms with Crippen LogP contribution < -0.4 is 0 Å². The lowest BCUT2D eigenvalue weighted by molar-refractivity contribution is -0.216. The largest absolute Gasteiger partial charge is 0.472 e. The molecule has 9 atom stereocenters. The molecule has 1 aliphatic rings. The molecule has 6 unspecified atom stereocenters. The first kappa shape index (κ1) is 66.1. The van der Waals surface area contributed by atoms with E-state index in [-0.39, 0.29) is 19.3 Å². The van der Waals surface area contributed by atoms with E-state index in [0.29, 0.717) is 19.3 Å². The molecule has 0 aromatic rings. The predicted molar refractivity (Wildman–Crippen MR) is 279 cm³/mol. The number of esters is 2. The van der Waals surface area contributed by atoms with Crippen molar-refractivity contribution in [2.45, 2.75) is 172 Å². The molecule has 0 saturated heterocycles. The topological polar surface area (TPSA) is 276 Å². The summed E-state index contributed by atoms with van der Waals surface area (Å²) >= 11 is 0. The van der Waals surface area contributed by atoms with Crippen molar-refractivity contribution in [3.8, 4) is 0 Å². The molecule has 1 fully saturated rings. The fourth-order valence-corrected chi connectivity index (χ4v) is 8.05. The minimum atomic E-state index is -5.39. The van der Waals surface area contributed by atoms with E-state index < -0.39 is 89.6 Å². The van der Waals surface area contributed by atoms with Gasteiger partial charge in [0.2, 0.25) is 0 Å². The Hall–Kier alpha value is -3.90. The Balaban J connectivity index is 2.67. The van der Waals surface area contributed by atoms with Crippen molar-refractivity contribution < 1.29 is 82.0 Å². The van der Waals surface area contributed by atoms with Crippen LogP contribution in [0.4, 0.5) is 0 Å². The molecule has 1 aliphatic carbocycles. The van der Waals surface area contributed by atoms with Crippen molar-refractivity contribution in [1.29, 1.82) is 0 Å². The molecule has 0 spiro atoms. The Morgan fingerprint density at radius 1 is 0.514 bits per heavy atom. The number of ether oxygens (including phenoxy) is 2. The van der Waals surface area contributed by atoms with E-state index in [9.17, 15) is 58.9 Å². The van der Waals surface area contributed by atoms with Gasteiger partial charge in [0.05, 0.1) is 12.7 Å². The normalized spacial score (nSPS) is 22.3. The maximum absolute atomic E-state index is 13.0. The van der Waals surface area contributed by atoms with E-state index in [2.05, 4.69) is 72.2 Å². The van der Waals surface area contributed by atoms with Gasteiger partial charge in [0.15, 0.2) is 6.10 Å². The fourth-order valence-electron chi connectivity index (χ4n) is 6.51. The molecular formula is C53H82O17P2. The summed E-state index contributed by atoms with van der Waals surface area (Å²) < 4.78 is 49.3. The Bertz CT molecular complexity index is 1910. The Morgan fingerprint density at radius 3 is 1.54 bits per heavy atom. The van der Waals surface area contributed by atoms with Gasteiger partial charge in [-0.3, -0.25) is 23.2 Å². The van der Waals surface area contributed by atoms with Gasteiger partial charge in [-0.15, -0.1) is 0 Å². The van der Waals surface area contributed by atoms with Gasteiger partial charge < -0.3 is 49.7 Å². The zero-order valence-electron chi connectivity index (χ0n) is 41.9. The number of carbonyl (C=O) groups is 2. The highest BCUT2D eigenvalue weighted by Gasteiger charge is 2.54. The lowest BCUT2D eigenvalue weighted by Crippen LogP contribution is -2.64. The van der Waals surface area contributed by atoms with E-state index in [4.69, 9.17) is 18.5 Å². The monoisotopic (exact) mass is 1050 g/mol. The predicted octanol–water partition coefficient (Wildman–Crippen LogP) is 9.03. The maximum atomic E-state index is 13.0. The molecule has 72 heavy (non-hydrogen) atoms. The van der Waals surface area contributed by atoms with Crippen LogP contribution >= 0.6 is 15.6 Å². The number of unbranched alkanes of at least 4 members (excludes halogenated alkanes) is 3. The number of aliphatic hydroxyl groups is 5. The molecule has 406 valence electrons. The number of hydrogen-bond donors (Lipinski definition) is 8. The molecule has 1 rings (SSSR count). The third kappa shape index (κ3) is 35.3. The lowest BCUT2D eigenvalue weighted by Gasteiger charge is -2.43. The molecule has 19 heteroatoms. The van der Waals surface area contributed by atoms with Crippen LogP contribution in [0.25, 0.3) is 0 Å². The third-order valence-electron chi connectivity index (χ3n) is 10.3. The van der Waals surface area contributed by atoms with Crippen LogP contribution in [0.5, 0.6) is 0 Å². The molecule has 0 aliphatic heterocycles. The lowest BCUT2D eigenvalue weighted by atomic mass is 9.85. The van der Waals surface area contributed by atoms with E-state index in [1.807, 2.05) is 67.7 Å². The summed E-state index contributed by atoms with van der Waals surface area (Å²) in [7, 11) is -10.8. The Morgan fingerprint density at radius 2 is 1.00 bits per heavy atom. The summed E-state index contributed by atoms with van der Waals surface area (Å²) in [4.78, 5) is 54.4. The van der Waals surface area contributed by atoms with Crippen molar-refractivity contribution in [2.75, 3.05) is 13.2 Å². The van der Waals surface area contributed by atoms with Crippen LogP contribution in [-0.2, 0) is 41.8 Å². The first-order valence-corrected chi connectivity index (χ1v) is 27.9. The van der Waals surface area contributed by atoms with E-state index in [1.54, 1.807) is 12.2 Å². The molecule has 0 bridgehead atoms. The first-order valence-electron chi connectivity index (χ1n) is 24.8. The van der Waals surface area contributed by atoms with Gasteiger partial charge in [0.25, 0.3) is 0 Å². The SMILES string of the molecule is CC/C=C\C/C=C\C/C=C\C/C=C\C/C=C\CCCCCC(=O)OC[C@H](COP(=O)(O)O[C@H]1C(O)C(O)C(O)[C@@H](OP(=O)(O)O)C1O)OC(=O)CC/C=C\C/C=C\C/C=C\C/C=C/C=C/C(O)C/C=C\CC. The summed E-state index contributed by atoms with van der Waals surface area (Å²) in [5.41, 5.74) is 0. The van der Waals surface area contributed by atoms with Crippen molar-refractivity contribution in [1.82, 2.24) is 0 Å². The van der Waals surface area contributed by atoms with Crippen molar-refractivity contribution in [3.63, 3.8) is 0 Å². The molecule has 0 aromatic heterocycles. The molecule has 17 nitrogen and oxygen atoms in total. The third-order valence-corrected chi connectivity index (χ3v) is 11.8. The number of hydrogen-bond acceptors (Lipinski definition) is 14. The summed E-state index contributed by atoms with van der Waals surface area (Å²) in [6.07, 6.45) is 40.2. The van der Waals surface area contributed by atoms with Crippen LogP contribution in [0.2, 0.25) is 0 Å². The summed E-state index contributed by atoms with van der Waals surface area (Å²) in [6.45, 7) is 2.69. The average molecular weight is 1050 g/mol. The molecule has 0 amide bonds. The highest BCUT2D eigenvalue weighted by atomic mass is 31.2. The van der Waals surface area contributed by atoms with Gasteiger partial charge in [-0.1, -0.05) is 154 Å². The van der Waals surface area contributed by atoms with Gasteiger partial charge in [-0.2, -0.15) is 0 Å². The van der Waals surface area contributed by atoms with Gasteiger partial charge >= 0.3 is 27.6 Å². The zero-order valence-corrected chi connectivity index (χ0v) is 43.7. The standard InChI is InChI=1S/C53H82O17P2/c1-3-5-7-8-9-10-11-12-13-14-15-16-17-20-23-26-29-32-36-40-46(55)66-42-45(43-67-72(64,65)70-53-50(59)48(57)49(58)52(51(53)60)69-71(61,62)63)68-47(56)41-37-33-30-27-24-21-18-19-22-25-28-31-35-39-44(54)38-34-6-4-2/h5-7,9-10,12-13,15-16,19-24,28,30-31,33-35,39,44-45,48-54,57-60H,3-4,8,11,14,17-18,25-27,29,32,36-38,40-43H2,1-2H3,(H,64,65)(H2,61,62,63)/b7-5-,10-9-,13-12-,16-15-,22-19-,23-20-,24-21-,31-28+,33-30-,34-6-,39-35+/t44?,45-,48?,49?,50?,51?,52-,53+/m1/s1. The second kappa shape index (κ2) is 41.5. The maximum Gasteiger partial charge on any atom is 0.472 e. The average Bonchev–Trinajstić information content (AvgIpc) is 3.33. The van der Waals surface area contributed by atoms with E-state index >= 15 is 0 Å². The van der Waals surface area contributed by atoms with Gasteiger partial charge in [-0.25, -0.2) is 9.13 Å². The molecule has 8 N–H and O–H groups in total. The van der Waals surface area contributed by atoms with E-state index in [0.717, 1.165) is 70.6 Å². The number of allylic oxidation sites excluding steroid dienone is 20. The molecule has 0 radical (unpaired) electrons. The zero-order chi connectivity index (χ0) is 53.3. The van der Waals surface area contributed by atoms with Gasteiger partial charge in [-0.05, 0) is 89.9 Å². The highest BCUT2D eigenvalue weighted by Crippen LogP contribution is 2.49.